The average molecular weight is 159 g/mol. The van der Waals surface area contributed by atoms with E-state index in [1.165, 1.54) is 0 Å². The monoisotopic (exact) mass is 158 g/mol. The summed E-state index contributed by atoms with van der Waals surface area (Å²) in [5, 5.41) is 0. The minimum atomic E-state index is 0. The summed E-state index contributed by atoms with van der Waals surface area (Å²) in [4.78, 5) is 0. The fraction of sp³-hybridized carbons (Fsp3) is 0. The van der Waals surface area contributed by atoms with Gasteiger partial charge in [0, 0.05) is 17.1 Å². The Bertz CT molecular complexity index is 80.5. The van der Waals surface area contributed by atoms with Gasteiger partial charge in [-0.15, -0.1) is 0 Å². The SMILES string of the molecule is N.[Cu].c1ccccc1. The van der Waals surface area contributed by atoms with Gasteiger partial charge in [0.2, 0.25) is 0 Å². The van der Waals surface area contributed by atoms with Crippen molar-refractivity contribution >= 4 is 0 Å². The van der Waals surface area contributed by atoms with Crippen LogP contribution >= 0.6 is 0 Å². The molecule has 0 atom stereocenters. The molecule has 1 nitrogen and oxygen atoms in total. The second-order valence-corrected chi connectivity index (χ2v) is 1.15. The first-order valence-electron chi connectivity index (χ1n) is 2.00. The number of rotatable bonds is 0. The molecule has 0 aromatic heterocycles. The van der Waals surface area contributed by atoms with Gasteiger partial charge in [0.25, 0.3) is 0 Å². The van der Waals surface area contributed by atoms with Gasteiger partial charge >= 0.3 is 0 Å². The molecular weight excluding hydrogens is 150 g/mol. The molecule has 2 heteroatoms. The van der Waals surface area contributed by atoms with E-state index in [2.05, 4.69) is 0 Å². The van der Waals surface area contributed by atoms with Crippen molar-refractivity contribution in [2.24, 2.45) is 0 Å². The Morgan fingerprint density at radius 1 is 0.500 bits per heavy atom. The Kier molecular flexibility index (Phi) is 8.91. The molecule has 0 aliphatic heterocycles. The van der Waals surface area contributed by atoms with E-state index >= 15 is 0 Å². The van der Waals surface area contributed by atoms with Gasteiger partial charge in [-0.3, -0.25) is 0 Å². The van der Waals surface area contributed by atoms with Gasteiger partial charge in [0.05, 0.1) is 0 Å². The molecule has 0 spiro atoms. The summed E-state index contributed by atoms with van der Waals surface area (Å²) in [5.74, 6) is 0. The molecule has 0 amide bonds. The Hall–Kier alpha value is -0.301. The quantitative estimate of drug-likeness (QED) is 0.575. The van der Waals surface area contributed by atoms with Crippen molar-refractivity contribution in [3.05, 3.63) is 36.4 Å². The third-order valence-electron chi connectivity index (χ3n) is 0.667. The van der Waals surface area contributed by atoms with E-state index in [-0.39, 0.29) is 23.2 Å². The van der Waals surface area contributed by atoms with E-state index in [0.717, 1.165) is 0 Å². The molecule has 0 aliphatic rings. The van der Waals surface area contributed by atoms with E-state index in [4.69, 9.17) is 0 Å². The summed E-state index contributed by atoms with van der Waals surface area (Å²) < 4.78 is 0. The molecule has 0 unspecified atom stereocenters. The Labute approximate surface area is 60.2 Å². The van der Waals surface area contributed by atoms with Crippen molar-refractivity contribution in [3.63, 3.8) is 0 Å². The van der Waals surface area contributed by atoms with Crippen LogP contribution in [0.4, 0.5) is 0 Å². The molecule has 3 N–H and O–H groups in total. The number of hydrogen-bond acceptors (Lipinski definition) is 1. The minimum absolute atomic E-state index is 0. The Balaban J connectivity index is 0. The molecule has 0 fully saturated rings. The van der Waals surface area contributed by atoms with Crippen molar-refractivity contribution in [2.45, 2.75) is 0 Å². The second-order valence-electron chi connectivity index (χ2n) is 1.15. The van der Waals surface area contributed by atoms with E-state index in [9.17, 15) is 0 Å². The summed E-state index contributed by atoms with van der Waals surface area (Å²) in [6.45, 7) is 0. The van der Waals surface area contributed by atoms with Crippen LogP contribution in [0.15, 0.2) is 36.4 Å². The molecule has 1 aromatic carbocycles. The molecule has 1 radical (unpaired) electrons. The summed E-state index contributed by atoms with van der Waals surface area (Å²) in [6, 6.07) is 12.0. The number of hydrogen-bond donors (Lipinski definition) is 1. The van der Waals surface area contributed by atoms with Gasteiger partial charge in [0.15, 0.2) is 0 Å². The summed E-state index contributed by atoms with van der Waals surface area (Å²) in [6.07, 6.45) is 0. The van der Waals surface area contributed by atoms with Gasteiger partial charge in [0.1, 0.15) is 0 Å². The predicted molar refractivity (Wildman–Crippen MR) is 31.5 cm³/mol. The maximum atomic E-state index is 2.00. The van der Waals surface area contributed by atoms with E-state index in [1.807, 2.05) is 36.4 Å². The zero-order valence-corrected chi connectivity index (χ0v) is 5.41. The zero-order valence-electron chi connectivity index (χ0n) is 4.47. The van der Waals surface area contributed by atoms with Crippen LogP contribution in [0.2, 0.25) is 0 Å². The van der Waals surface area contributed by atoms with Crippen LogP contribution < -0.4 is 6.15 Å². The zero-order chi connectivity index (χ0) is 4.24. The maximum Gasteiger partial charge on any atom is 0 e. The Morgan fingerprint density at radius 2 is 0.625 bits per heavy atom. The van der Waals surface area contributed by atoms with Crippen molar-refractivity contribution in [1.29, 1.82) is 0 Å². The first kappa shape index (κ1) is 10.6. The smallest absolute Gasteiger partial charge is 0 e. The van der Waals surface area contributed by atoms with Crippen molar-refractivity contribution in [3.8, 4) is 0 Å². The minimum Gasteiger partial charge on any atom is -0.344 e. The van der Waals surface area contributed by atoms with E-state index in [0.29, 0.717) is 0 Å². The molecule has 1 rings (SSSR count). The standard InChI is InChI=1S/C6H6.Cu.H3N/c1-2-4-6-5-3-1;;/h1-6H;;1H3. The largest absolute Gasteiger partial charge is 0.344 e. The first-order valence-corrected chi connectivity index (χ1v) is 2.00. The molecule has 0 saturated carbocycles. The summed E-state index contributed by atoms with van der Waals surface area (Å²) in [7, 11) is 0. The van der Waals surface area contributed by atoms with Crippen LogP contribution in [0.3, 0.4) is 0 Å². The molecule has 0 saturated heterocycles. The second kappa shape index (κ2) is 6.70. The first-order chi connectivity index (χ1) is 3.00. The van der Waals surface area contributed by atoms with Crippen LogP contribution in [0, 0.1) is 0 Å². The topological polar surface area (TPSA) is 35.0 Å². The maximum absolute atomic E-state index is 2.00. The summed E-state index contributed by atoms with van der Waals surface area (Å²) in [5.41, 5.74) is 0. The molecule has 8 heavy (non-hydrogen) atoms. The predicted octanol–water partition coefficient (Wildman–Crippen LogP) is 1.85. The molecular formula is C6H9CuN. The van der Waals surface area contributed by atoms with Gasteiger partial charge in [-0.1, -0.05) is 36.4 Å². The summed E-state index contributed by atoms with van der Waals surface area (Å²) >= 11 is 0. The molecule has 0 heterocycles. The molecule has 1 aromatic rings. The normalized spacial score (nSPS) is 6.00. The van der Waals surface area contributed by atoms with Crippen LogP contribution in [-0.2, 0) is 17.1 Å². The molecule has 0 aliphatic carbocycles. The van der Waals surface area contributed by atoms with Crippen LogP contribution in [-0.4, -0.2) is 0 Å². The Morgan fingerprint density at radius 3 is 0.750 bits per heavy atom. The van der Waals surface area contributed by atoms with E-state index in [1.54, 1.807) is 0 Å². The van der Waals surface area contributed by atoms with Gasteiger partial charge in [-0.05, 0) is 0 Å². The van der Waals surface area contributed by atoms with Gasteiger partial charge in [-0.25, -0.2) is 0 Å². The third-order valence-corrected chi connectivity index (χ3v) is 0.667. The van der Waals surface area contributed by atoms with Crippen molar-refractivity contribution in [2.75, 3.05) is 0 Å². The van der Waals surface area contributed by atoms with Gasteiger partial charge < -0.3 is 6.15 Å². The molecule has 49 valence electrons. The fourth-order valence-electron chi connectivity index (χ4n) is 0.385. The number of benzene rings is 1. The van der Waals surface area contributed by atoms with Gasteiger partial charge in [-0.2, -0.15) is 0 Å². The van der Waals surface area contributed by atoms with E-state index < -0.39 is 0 Å². The average Bonchev–Trinajstić information content (AvgIpc) is 1.72. The van der Waals surface area contributed by atoms with Crippen LogP contribution in [0.1, 0.15) is 0 Å². The van der Waals surface area contributed by atoms with Crippen molar-refractivity contribution < 1.29 is 17.1 Å². The van der Waals surface area contributed by atoms with Crippen molar-refractivity contribution in [1.82, 2.24) is 6.15 Å². The molecule has 0 bridgehead atoms. The van der Waals surface area contributed by atoms with Crippen LogP contribution in [0.5, 0.6) is 0 Å². The van der Waals surface area contributed by atoms with Crippen LogP contribution in [0.25, 0.3) is 0 Å². The fourth-order valence-corrected chi connectivity index (χ4v) is 0.385. The third kappa shape index (κ3) is 3.87.